The Bertz CT molecular complexity index is 1270. The van der Waals surface area contributed by atoms with Crippen LogP contribution in [0, 0.1) is 0 Å². The van der Waals surface area contributed by atoms with Gasteiger partial charge in [0.15, 0.2) is 11.9 Å². The zero-order valence-corrected chi connectivity index (χ0v) is 19.7. The summed E-state index contributed by atoms with van der Waals surface area (Å²) in [6.45, 7) is 1.31. The van der Waals surface area contributed by atoms with Gasteiger partial charge >= 0.3 is 0 Å². The zero-order chi connectivity index (χ0) is 24.0. The molecule has 6 heteroatoms. The van der Waals surface area contributed by atoms with Crippen LogP contribution in [0.5, 0.6) is 0 Å². The third-order valence-electron chi connectivity index (χ3n) is 6.52. The average molecular weight is 465 g/mol. The maximum atomic E-state index is 13.5. The SMILES string of the molecule is CO[C@@H](C(=O)N1CCC[C@@H](c2nc(-c3ccncc3)ncc2-c2ccccc2)C1)c1ccccc1. The van der Waals surface area contributed by atoms with Crippen molar-refractivity contribution in [1.82, 2.24) is 19.9 Å². The number of carbonyl (C=O) groups excluding carboxylic acids is 1. The van der Waals surface area contributed by atoms with Crippen molar-refractivity contribution >= 4 is 5.91 Å². The average Bonchev–Trinajstić information content (AvgIpc) is 2.95. The largest absolute Gasteiger partial charge is 0.367 e. The Morgan fingerprint density at radius 2 is 1.69 bits per heavy atom. The first-order valence-corrected chi connectivity index (χ1v) is 11.9. The third kappa shape index (κ3) is 4.98. The lowest BCUT2D eigenvalue weighted by Gasteiger charge is -2.35. The molecule has 0 saturated carbocycles. The lowest BCUT2D eigenvalue weighted by molar-refractivity contribution is -0.143. The summed E-state index contributed by atoms with van der Waals surface area (Å²) in [6.07, 6.45) is 6.67. The van der Waals surface area contributed by atoms with Crippen molar-refractivity contribution in [2.24, 2.45) is 0 Å². The highest BCUT2D eigenvalue weighted by Gasteiger charge is 2.32. The van der Waals surface area contributed by atoms with Crippen molar-refractivity contribution in [2.75, 3.05) is 20.2 Å². The Kier molecular flexibility index (Phi) is 6.91. The molecule has 176 valence electrons. The van der Waals surface area contributed by atoms with Gasteiger partial charge in [0.25, 0.3) is 5.91 Å². The van der Waals surface area contributed by atoms with E-state index in [0.717, 1.165) is 40.8 Å². The fraction of sp³-hybridized carbons (Fsp3) is 0.241. The van der Waals surface area contributed by atoms with Gasteiger partial charge in [-0.25, -0.2) is 9.97 Å². The van der Waals surface area contributed by atoms with Crippen LogP contribution in [0.15, 0.2) is 91.4 Å². The van der Waals surface area contributed by atoms with Gasteiger partial charge in [0.1, 0.15) is 0 Å². The van der Waals surface area contributed by atoms with Gasteiger partial charge in [-0.3, -0.25) is 9.78 Å². The van der Waals surface area contributed by atoms with E-state index in [1.54, 1.807) is 19.5 Å². The molecule has 6 nitrogen and oxygen atoms in total. The topological polar surface area (TPSA) is 68.2 Å². The highest BCUT2D eigenvalue weighted by molar-refractivity contribution is 5.82. The second-order valence-corrected chi connectivity index (χ2v) is 8.74. The Morgan fingerprint density at radius 1 is 0.971 bits per heavy atom. The fourth-order valence-electron chi connectivity index (χ4n) is 4.76. The van der Waals surface area contributed by atoms with Gasteiger partial charge < -0.3 is 9.64 Å². The molecule has 1 saturated heterocycles. The van der Waals surface area contributed by atoms with Crippen LogP contribution in [0.3, 0.4) is 0 Å². The second kappa shape index (κ2) is 10.6. The molecule has 0 N–H and O–H groups in total. The van der Waals surface area contributed by atoms with E-state index in [-0.39, 0.29) is 11.8 Å². The Labute approximate surface area is 205 Å². The van der Waals surface area contributed by atoms with Crippen LogP contribution >= 0.6 is 0 Å². The summed E-state index contributed by atoms with van der Waals surface area (Å²) in [5, 5.41) is 0. The summed E-state index contributed by atoms with van der Waals surface area (Å²) in [4.78, 5) is 29.3. The summed E-state index contributed by atoms with van der Waals surface area (Å²) >= 11 is 0. The number of hydrogen-bond acceptors (Lipinski definition) is 5. The molecule has 1 fully saturated rings. The number of nitrogens with zero attached hydrogens (tertiary/aromatic N) is 4. The first-order valence-electron chi connectivity index (χ1n) is 11.9. The summed E-state index contributed by atoms with van der Waals surface area (Å²) in [7, 11) is 1.59. The second-order valence-electron chi connectivity index (χ2n) is 8.74. The molecule has 1 amide bonds. The maximum absolute atomic E-state index is 13.5. The highest BCUT2D eigenvalue weighted by Crippen LogP contribution is 2.35. The van der Waals surface area contributed by atoms with Crippen LogP contribution in [-0.4, -0.2) is 46.0 Å². The minimum absolute atomic E-state index is 0.00641. The van der Waals surface area contributed by atoms with E-state index in [0.29, 0.717) is 18.9 Å². The van der Waals surface area contributed by atoms with E-state index in [4.69, 9.17) is 9.72 Å². The number of likely N-dealkylation sites (tertiary alicyclic amines) is 1. The number of carbonyl (C=O) groups is 1. The van der Waals surface area contributed by atoms with E-state index in [2.05, 4.69) is 22.1 Å². The van der Waals surface area contributed by atoms with Crippen molar-refractivity contribution in [2.45, 2.75) is 24.9 Å². The molecule has 0 aliphatic carbocycles. The molecule has 0 spiro atoms. The van der Waals surface area contributed by atoms with Crippen LogP contribution in [0.4, 0.5) is 0 Å². The van der Waals surface area contributed by atoms with Crippen LogP contribution in [-0.2, 0) is 9.53 Å². The van der Waals surface area contributed by atoms with Crippen molar-refractivity contribution in [3.63, 3.8) is 0 Å². The summed E-state index contributed by atoms with van der Waals surface area (Å²) < 4.78 is 5.64. The monoisotopic (exact) mass is 464 g/mol. The Morgan fingerprint density at radius 3 is 2.40 bits per heavy atom. The predicted molar refractivity (Wildman–Crippen MR) is 135 cm³/mol. The molecular formula is C29H28N4O2. The fourth-order valence-corrected chi connectivity index (χ4v) is 4.76. The molecule has 4 aromatic rings. The minimum atomic E-state index is -0.610. The number of pyridine rings is 1. The van der Waals surface area contributed by atoms with Crippen LogP contribution in [0.25, 0.3) is 22.5 Å². The Hall–Kier alpha value is -3.90. The van der Waals surface area contributed by atoms with Crippen LogP contribution in [0.1, 0.15) is 36.1 Å². The first kappa shape index (κ1) is 22.9. The third-order valence-corrected chi connectivity index (χ3v) is 6.52. The summed E-state index contributed by atoms with van der Waals surface area (Å²) in [6, 6.07) is 23.7. The molecule has 2 aromatic carbocycles. The van der Waals surface area contributed by atoms with Gasteiger partial charge in [-0.2, -0.15) is 0 Å². The number of benzene rings is 2. The molecule has 0 bridgehead atoms. The lowest BCUT2D eigenvalue weighted by Crippen LogP contribution is -2.42. The number of piperidine rings is 1. The highest BCUT2D eigenvalue weighted by atomic mass is 16.5. The van der Waals surface area contributed by atoms with E-state index in [1.807, 2.05) is 71.8 Å². The maximum Gasteiger partial charge on any atom is 0.256 e. The van der Waals surface area contributed by atoms with Gasteiger partial charge in [0, 0.05) is 55.8 Å². The van der Waals surface area contributed by atoms with E-state index >= 15 is 0 Å². The Balaban J connectivity index is 1.48. The first-order chi connectivity index (χ1) is 17.2. The van der Waals surface area contributed by atoms with Crippen molar-refractivity contribution in [3.05, 3.63) is 103 Å². The molecule has 0 unspecified atom stereocenters. The smallest absolute Gasteiger partial charge is 0.256 e. The molecular weight excluding hydrogens is 436 g/mol. The molecule has 35 heavy (non-hydrogen) atoms. The minimum Gasteiger partial charge on any atom is -0.367 e. The number of amides is 1. The molecule has 3 heterocycles. The molecule has 2 aromatic heterocycles. The van der Waals surface area contributed by atoms with Gasteiger partial charge in [0.05, 0.1) is 5.69 Å². The number of ether oxygens (including phenoxy) is 1. The van der Waals surface area contributed by atoms with Crippen molar-refractivity contribution in [3.8, 4) is 22.5 Å². The van der Waals surface area contributed by atoms with Crippen molar-refractivity contribution < 1.29 is 9.53 Å². The van der Waals surface area contributed by atoms with Gasteiger partial charge in [-0.05, 0) is 36.1 Å². The molecule has 1 aliphatic rings. The molecule has 2 atom stereocenters. The molecule has 1 aliphatic heterocycles. The number of rotatable bonds is 6. The quantitative estimate of drug-likeness (QED) is 0.387. The summed E-state index contributed by atoms with van der Waals surface area (Å²) in [5.74, 6) is 0.762. The van der Waals surface area contributed by atoms with Crippen LogP contribution < -0.4 is 0 Å². The number of aromatic nitrogens is 3. The van der Waals surface area contributed by atoms with E-state index in [9.17, 15) is 4.79 Å². The normalized spacial score (nSPS) is 16.6. The van der Waals surface area contributed by atoms with Crippen LogP contribution in [0.2, 0.25) is 0 Å². The lowest BCUT2D eigenvalue weighted by atomic mass is 9.89. The number of methoxy groups -OCH3 is 1. The molecule has 0 radical (unpaired) electrons. The molecule has 5 rings (SSSR count). The summed E-state index contributed by atoms with van der Waals surface area (Å²) in [5.41, 5.74) is 4.85. The zero-order valence-electron chi connectivity index (χ0n) is 19.7. The van der Waals surface area contributed by atoms with Crippen molar-refractivity contribution in [1.29, 1.82) is 0 Å². The van der Waals surface area contributed by atoms with E-state index < -0.39 is 6.10 Å². The van der Waals surface area contributed by atoms with Gasteiger partial charge in [0.2, 0.25) is 0 Å². The van der Waals surface area contributed by atoms with E-state index in [1.165, 1.54) is 0 Å². The predicted octanol–water partition coefficient (Wildman–Crippen LogP) is 5.30. The van der Waals surface area contributed by atoms with Gasteiger partial charge in [-0.15, -0.1) is 0 Å². The van der Waals surface area contributed by atoms with Gasteiger partial charge in [-0.1, -0.05) is 60.7 Å². The standard InChI is InChI=1S/C29H28N4O2/c1-35-27(22-11-6-3-7-12-22)29(34)33-18-8-13-24(20-33)26-25(21-9-4-2-5-10-21)19-31-28(32-26)23-14-16-30-17-15-23/h2-7,9-12,14-17,19,24,27H,8,13,18,20H2,1H3/t24-,27-/m1/s1. The number of hydrogen-bond donors (Lipinski definition) is 0.